The third kappa shape index (κ3) is 4.81. The molecule has 11 aromatic rings. The highest BCUT2D eigenvalue weighted by molar-refractivity contribution is 6.13. The standard InChI is InChI=1S/C52H34N2/c1-3-13-35(14-4-1)36-23-25-37(26-24-36)46-34-42(31-40-15-7-8-18-43(40)46)54-50-22-12-10-20-45(50)48-33-39(28-30-52(48)54)38-27-29-51-47(32-38)44-19-9-11-21-49(44)53(51)41-16-5-2-6-17-41/h1-34H. The van der Waals surface area contributed by atoms with Crippen molar-refractivity contribution in [1.82, 2.24) is 9.13 Å². The van der Waals surface area contributed by atoms with Crippen LogP contribution >= 0.6 is 0 Å². The molecule has 2 heteroatoms. The highest BCUT2D eigenvalue weighted by atomic mass is 15.0. The summed E-state index contributed by atoms with van der Waals surface area (Å²) in [6.45, 7) is 0. The van der Waals surface area contributed by atoms with Crippen molar-refractivity contribution < 1.29 is 0 Å². The van der Waals surface area contributed by atoms with Gasteiger partial charge in [-0.05, 0) is 105 Å². The first-order valence-electron chi connectivity index (χ1n) is 18.6. The SMILES string of the molecule is c1ccc(-c2ccc(-c3cc(-n4c5ccccc5c5cc(-c6ccc7c(c6)c6ccccc6n7-c6ccccc6)ccc54)cc4ccccc34)cc2)cc1. The topological polar surface area (TPSA) is 9.86 Å². The Morgan fingerprint density at radius 1 is 0.241 bits per heavy atom. The van der Waals surface area contributed by atoms with Gasteiger partial charge in [-0.3, -0.25) is 0 Å². The lowest BCUT2D eigenvalue weighted by Gasteiger charge is -2.14. The van der Waals surface area contributed by atoms with E-state index in [2.05, 4.69) is 215 Å². The molecule has 0 atom stereocenters. The van der Waals surface area contributed by atoms with Gasteiger partial charge in [-0.25, -0.2) is 0 Å². The van der Waals surface area contributed by atoms with Crippen molar-refractivity contribution in [2.75, 3.05) is 0 Å². The Bertz CT molecular complexity index is 3180. The molecule has 54 heavy (non-hydrogen) atoms. The van der Waals surface area contributed by atoms with E-state index in [1.807, 2.05) is 0 Å². The zero-order chi connectivity index (χ0) is 35.6. The van der Waals surface area contributed by atoms with Crippen molar-refractivity contribution in [1.29, 1.82) is 0 Å². The first-order chi connectivity index (χ1) is 26.8. The first-order valence-corrected chi connectivity index (χ1v) is 18.6. The minimum Gasteiger partial charge on any atom is -0.309 e. The van der Waals surface area contributed by atoms with Gasteiger partial charge in [0.1, 0.15) is 0 Å². The third-order valence-electron chi connectivity index (χ3n) is 11.1. The Labute approximate surface area is 313 Å². The molecule has 0 amide bonds. The summed E-state index contributed by atoms with van der Waals surface area (Å²) in [6.07, 6.45) is 0. The molecule has 0 unspecified atom stereocenters. The van der Waals surface area contributed by atoms with E-state index in [4.69, 9.17) is 0 Å². The van der Waals surface area contributed by atoms with Crippen molar-refractivity contribution in [3.8, 4) is 44.8 Å². The van der Waals surface area contributed by atoms with Crippen LogP contribution in [0.1, 0.15) is 0 Å². The maximum absolute atomic E-state index is 2.44. The number of nitrogens with zero attached hydrogens (tertiary/aromatic N) is 2. The van der Waals surface area contributed by atoms with E-state index >= 15 is 0 Å². The fourth-order valence-corrected chi connectivity index (χ4v) is 8.57. The second-order valence-corrected chi connectivity index (χ2v) is 14.2. The lowest BCUT2D eigenvalue weighted by molar-refractivity contribution is 1.18. The van der Waals surface area contributed by atoms with Gasteiger partial charge in [0.2, 0.25) is 0 Å². The molecular formula is C52H34N2. The number of hydrogen-bond acceptors (Lipinski definition) is 0. The maximum Gasteiger partial charge on any atom is 0.0541 e. The van der Waals surface area contributed by atoms with Gasteiger partial charge in [0.15, 0.2) is 0 Å². The van der Waals surface area contributed by atoms with Crippen molar-refractivity contribution in [2.45, 2.75) is 0 Å². The van der Waals surface area contributed by atoms with Gasteiger partial charge in [-0.1, -0.05) is 146 Å². The molecule has 11 rings (SSSR count). The summed E-state index contributed by atoms with van der Waals surface area (Å²) in [5.74, 6) is 0. The maximum atomic E-state index is 2.44. The monoisotopic (exact) mass is 686 g/mol. The van der Waals surface area contributed by atoms with Crippen LogP contribution in [-0.4, -0.2) is 9.13 Å². The van der Waals surface area contributed by atoms with Gasteiger partial charge in [-0.2, -0.15) is 0 Å². The Kier molecular flexibility index (Phi) is 6.90. The Balaban J connectivity index is 1.07. The molecule has 0 aliphatic carbocycles. The molecule has 0 aliphatic heterocycles. The summed E-state index contributed by atoms with van der Waals surface area (Å²) in [4.78, 5) is 0. The van der Waals surface area contributed by atoms with Crippen molar-refractivity contribution in [2.24, 2.45) is 0 Å². The molecule has 0 spiro atoms. The quantitative estimate of drug-likeness (QED) is 0.171. The Morgan fingerprint density at radius 2 is 0.685 bits per heavy atom. The lowest BCUT2D eigenvalue weighted by atomic mass is 9.95. The fraction of sp³-hybridized carbons (Fsp3) is 0. The van der Waals surface area contributed by atoms with E-state index in [9.17, 15) is 0 Å². The molecule has 0 N–H and O–H groups in total. The van der Waals surface area contributed by atoms with E-state index in [1.54, 1.807) is 0 Å². The predicted molar refractivity (Wildman–Crippen MR) is 229 cm³/mol. The largest absolute Gasteiger partial charge is 0.309 e. The molecule has 9 aromatic carbocycles. The van der Waals surface area contributed by atoms with E-state index in [0.29, 0.717) is 0 Å². The third-order valence-corrected chi connectivity index (χ3v) is 11.1. The average molecular weight is 687 g/mol. The van der Waals surface area contributed by atoms with E-state index in [1.165, 1.54) is 93.5 Å². The Morgan fingerprint density at radius 3 is 1.31 bits per heavy atom. The highest BCUT2D eigenvalue weighted by Gasteiger charge is 2.17. The zero-order valence-corrected chi connectivity index (χ0v) is 29.5. The summed E-state index contributed by atoms with van der Waals surface area (Å²) in [5.41, 5.74) is 14.5. The second kappa shape index (κ2) is 12.2. The van der Waals surface area contributed by atoms with Crippen LogP contribution < -0.4 is 0 Å². The van der Waals surface area contributed by atoms with Gasteiger partial charge in [0.25, 0.3) is 0 Å². The number of fused-ring (bicyclic) bond motifs is 7. The van der Waals surface area contributed by atoms with Crippen LogP contribution in [0.5, 0.6) is 0 Å². The molecule has 2 nitrogen and oxygen atoms in total. The molecule has 0 fully saturated rings. The zero-order valence-electron chi connectivity index (χ0n) is 29.5. The number of hydrogen-bond donors (Lipinski definition) is 0. The number of rotatable bonds is 5. The van der Waals surface area contributed by atoms with Gasteiger partial charge in [0, 0.05) is 32.9 Å². The summed E-state index contributed by atoms with van der Waals surface area (Å²) in [7, 11) is 0. The summed E-state index contributed by atoms with van der Waals surface area (Å²) in [6, 6.07) is 75.2. The molecule has 0 saturated heterocycles. The molecule has 0 aliphatic rings. The molecule has 0 bridgehead atoms. The normalized spacial score (nSPS) is 11.7. The Hall–Kier alpha value is -7.16. The van der Waals surface area contributed by atoms with Crippen LogP contribution in [0.2, 0.25) is 0 Å². The van der Waals surface area contributed by atoms with Gasteiger partial charge < -0.3 is 9.13 Å². The lowest BCUT2D eigenvalue weighted by Crippen LogP contribution is -1.95. The fourth-order valence-electron chi connectivity index (χ4n) is 8.57. The predicted octanol–water partition coefficient (Wildman–Crippen LogP) is 14.0. The van der Waals surface area contributed by atoms with Crippen LogP contribution in [0.25, 0.3) is 99.1 Å². The van der Waals surface area contributed by atoms with Crippen molar-refractivity contribution in [3.63, 3.8) is 0 Å². The van der Waals surface area contributed by atoms with Gasteiger partial charge in [0.05, 0.1) is 22.1 Å². The summed E-state index contributed by atoms with van der Waals surface area (Å²) >= 11 is 0. The van der Waals surface area contributed by atoms with Crippen LogP contribution in [0.15, 0.2) is 206 Å². The van der Waals surface area contributed by atoms with Crippen LogP contribution in [0.3, 0.4) is 0 Å². The van der Waals surface area contributed by atoms with Crippen LogP contribution in [0.4, 0.5) is 0 Å². The molecular weight excluding hydrogens is 653 g/mol. The summed E-state index contributed by atoms with van der Waals surface area (Å²) < 4.78 is 4.82. The number of para-hydroxylation sites is 3. The smallest absolute Gasteiger partial charge is 0.0541 e. The van der Waals surface area contributed by atoms with Crippen LogP contribution in [-0.2, 0) is 0 Å². The van der Waals surface area contributed by atoms with E-state index < -0.39 is 0 Å². The first kappa shape index (κ1) is 30.5. The molecule has 2 heterocycles. The molecule has 252 valence electrons. The minimum atomic E-state index is 1.16. The van der Waals surface area contributed by atoms with E-state index in [0.717, 1.165) is 5.69 Å². The molecule has 0 saturated carbocycles. The van der Waals surface area contributed by atoms with Crippen LogP contribution in [0, 0.1) is 0 Å². The van der Waals surface area contributed by atoms with Crippen molar-refractivity contribution >= 4 is 54.4 Å². The number of aromatic nitrogens is 2. The molecule has 2 aromatic heterocycles. The van der Waals surface area contributed by atoms with Crippen molar-refractivity contribution in [3.05, 3.63) is 206 Å². The molecule has 0 radical (unpaired) electrons. The minimum absolute atomic E-state index is 1.16. The van der Waals surface area contributed by atoms with Gasteiger partial charge in [-0.15, -0.1) is 0 Å². The number of benzene rings is 9. The average Bonchev–Trinajstić information content (AvgIpc) is 3.76. The highest BCUT2D eigenvalue weighted by Crippen LogP contribution is 2.40. The summed E-state index contributed by atoms with van der Waals surface area (Å²) in [5, 5.41) is 7.49. The van der Waals surface area contributed by atoms with E-state index in [-0.39, 0.29) is 0 Å². The van der Waals surface area contributed by atoms with Gasteiger partial charge >= 0.3 is 0 Å². The second-order valence-electron chi connectivity index (χ2n) is 14.2.